The highest BCUT2D eigenvalue weighted by molar-refractivity contribution is 9.10. The lowest BCUT2D eigenvalue weighted by atomic mass is 10.1. The second-order valence-electron chi connectivity index (χ2n) is 5.40. The van der Waals surface area contributed by atoms with Gasteiger partial charge in [-0.25, -0.2) is 0 Å². The van der Waals surface area contributed by atoms with E-state index >= 15 is 0 Å². The van der Waals surface area contributed by atoms with Crippen LogP contribution in [0.15, 0.2) is 22.9 Å². The second kappa shape index (κ2) is 5.20. The summed E-state index contributed by atoms with van der Waals surface area (Å²) >= 11 is 3.63. The lowest BCUT2D eigenvalue weighted by molar-refractivity contribution is 0.0967. The van der Waals surface area contributed by atoms with Crippen molar-refractivity contribution in [1.82, 2.24) is 14.3 Å². The monoisotopic (exact) mass is 335 g/mol. The van der Waals surface area contributed by atoms with Crippen molar-refractivity contribution in [2.45, 2.75) is 32.7 Å². The van der Waals surface area contributed by atoms with Crippen molar-refractivity contribution in [1.29, 1.82) is 0 Å². The summed E-state index contributed by atoms with van der Waals surface area (Å²) < 4.78 is 5.04. The fourth-order valence-corrected chi connectivity index (χ4v) is 3.17. The van der Waals surface area contributed by atoms with E-state index in [9.17, 15) is 4.79 Å². The molecule has 0 unspecified atom stereocenters. The van der Waals surface area contributed by atoms with Crippen LogP contribution in [0.5, 0.6) is 0 Å². The molecule has 0 bridgehead atoms. The number of hydrogen-bond acceptors (Lipinski definition) is 2. The molecule has 0 N–H and O–H groups in total. The Labute approximate surface area is 126 Å². The molecule has 1 saturated carbocycles. The molecule has 0 aliphatic heterocycles. The standard InChI is InChI=1S/C15H18BrN3O/c1-3-12-14(16)13(18(2)17-12)9-19-7-6-11(8-19)15(20)10-4-5-10/h6-8,10H,3-5,9H2,1-2H3. The Kier molecular flexibility index (Phi) is 3.54. The third-order valence-electron chi connectivity index (χ3n) is 3.82. The average Bonchev–Trinajstić information content (AvgIpc) is 3.13. The summed E-state index contributed by atoms with van der Waals surface area (Å²) in [7, 11) is 1.96. The lowest BCUT2D eigenvalue weighted by Gasteiger charge is -2.04. The van der Waals surface area contributed by atoms with E-state index in [1.54, 1.807) is 0 Å². The SMILES string of the molecule is CCc1nn(C)c(Cn2ccc(C(=O)C3CC3)c2)c1Br. The van der Waals surface area contributed by atoms with Crippen LogP contribution in [0.4, 0.5) is 0 Å². The topological polar surface area (TPSA) is 39.8 Å². The molecule has 1 aliphatic rings. The van der Waals surface area contributed by atoms with Gasteiger partial charge < -0.3 is 4.57 Å². The number of hydrogen-bond donors (Lipinski definition) is 0. The second-order valence-corrected chi connectivity index (χ2v) is 6.19. The highest BCUT2D eigenvalue weighted by atomic mass is 79.9. The lowest BCUT2D eigenvalue weighted by Crippen LogP contribution is -2.05. The van der Waals surface area contributed by atoms with Gasteiger partial charge in [0.05, 0.1) is 22.4 Å². The molecule has 2 aromatic rings. The first-order chi connectivity index (χ1) is 9.60. The highest BCUT2D eigenvalue weighted by Gasteiger charge is 2.30. The van der Waals surface area contributed by atoms with Gasteiger partial charge in [-0.15, -0.1) is 0 Å². The number of rotatable bonds is 5. The molecule has 106 valence electrons. The molecule has 2 heterocycles. The van der Waals surface area contributed by atoms with Crippen molar-refractivity contribution in [3.05, 3.63) is 39.9 Å². The molecular weight excluding hydrogens is 318 g/mol. The predicted molar refractivity (Wildman–Crippen MR) is 80.9 cm³/mol. The fraction of sp³-hybridized carbons (Fsp3) is 0.467. The van der Waals surface area contributed by atoms with Gasteiger partial charge >= 0.3 is 0 Å². The van der Waals surface area contributed by atoms with Gasteiger partial charge in [-0.3, -0.25) is 9.48 Å². The van der Waals surface area contributed by atoms with E-state index in [4.69, 9.17) is 0 Å². The van der Waals surface area contributed by atoms with E-state index in [0.717, 1.165) is 47.2 Å². The zero-order chi connectivity index (χ0) is 14.3. The quantitative estimate of drug-likeness (QED) is 0.787. The first-order valence-electron chi connectivity index (χ1n) is 7.00. The number of Topliss-reactive ketones (excluding diaryl/α,β-unsaturated/α-hetero) is 1. The molecule has 0 radical (unpaired) electrons. The van der Waals surface area contributed by atoms with Gasteiger partial charge in [0, 0.05) is 30.9 Å². The first kappa shape index (κ1) is 13.6. The zero-order valence-electron chi connectivity index (χ0n) is 11.8. The Hall–Kier alpha value is -1.36. The van der Waals surface area contributed by atoms with Gasteiger partial charge in [0.2, 0.25) is 0 Å². The van der Waals surface area contributed by atoms with Crippen molar-refractivity contribution in [2.75, 3.05) is 0 Å². The normalized spacial score (nSPS) is 14.8. The van der Waals surface area contributed by atoms with E-state index in [2.05, 4.69) is 32.5 Å². The van der Waals surface area contributed by atoms with Crippen LogP contribution in [-0.2, 0) is 20.0 Å². The van der Waals surface area contributed by atoms with Crippen molar-refractivity contribution in [3.8, 4) is 0 Å². The summed E-state index contributed by atoms with van der Waals surface area (Å²) in [5.74, 6) is 0.572. The summed E-state index contributed by atoms with van der Waals surface area (Å²) in [5.41, 5.74) is 3.04. The van der Waals surface area contributed by atoms with Crippen molar-refractivity contribution < 1.29 is 4.79 Å². The van der Waals surface area contributed by atoms with E-state index in [1.165, 1.54) is 0 Å². The number of carbonyl (C=O) groups is 1. The Balaban J connectivity index is 1.81. The third kappa shape index (κ3) is 2.46. The highest BCUT2D eigenvalue weighted by Crippen LogP contribution is 2.32. The minimum absolute atomic E-state index is 0.279. The molecule has 1 aliphatic carbocycles. The summed E-state index contributed by atoms with van der Waals surface area (Å²) in [4.78, 5) is 12.0. The third-order valence-corrected chi connectivity index (χ3v) is 4.73. The van der Waals surface area contributed by atoms with E-state index in [1.807, 2.05) is 30.2 Å². The number of carbonyl (C=O) groups excluding carboxylic acids is 1. The summed E-state index contributed by atoms with van der Waals surface area (Å²) in [6.45, 7) is 2.82. The molecule has 0 spiro atoms. The van der Waals surface area contributed by atoms with Crippen LogP contribution >= 0.6 is 15.9 Å². The molecule has 0 aromatic carbocycles. The Morgan fingerprint density at radius 2 is 2.25 bits per heavy atom. The molecule has 1 fully saturated rings. The van der Waals surface area contributed by atoms with Crippen LogP contribution in [0.1, 0.15) is 41.5 Å². The first-order valence-corrected chi connectivity index (χ1v) is 7.79. The van der Waals surface area contributed by atoms with Crippen LogP contribution < -0.4 is 0 Å². The predicted octanol–water partition coefficient (Wildman–Crippen LogP) is 3.19. The molecule has 20 heavy (non-hydrogen) atoms. The zero-order valence-corrected chi connectivity index (χ0v) is 13.4. The molecule has 5 heteroatoms. The minimum Gasteiger partial charge on any atom is -0.348 e. The molecule has 0 atom stereocenters. The van der Waals surface area contributed by atoms with Crippen molar-refractivity contribution in [3.63, 3.8) is 0 Å². The van der Waals surface area contributed by atoms with E-state index in [-0.39, 0.29) is 5.92 Å². The van der Waals surface area contributed by atoms with Crippen LogP contribution in [0, 0.1) is 5.92 Å². The average molecular weight is 336 g/mol. The number of aromatic nitrogens is 3. The Morgan fingerprint density at radius 1 is 1.50 bits per heavy atom. The van der Waals surface area contributed by atoms with Crippen LogP contribution in [0.2, 0.25) is 0 Å². The fourth-order valence-electron chi connectivity index (χ4n) is 2.43. The summed E-state index contributed by atoms with van der Waals surface area (Å²) in [6, 6.07) is 1.92. The number of ketones is 1. The maximum absolute atomic E-state index is 12.0. The van der Waals surface area contributed by atoms with Crippen LogP contribution in [0.3, 0.4) is 0 Å². The number of nitrogens with zero attached hydrogens (tertiary/aromatic N) is 3. The Bertz CT molecular complexity index is 652. The maximum Gasteiger partial charge on any atom is 0.167 e. The minimum atomic E-state index is 0.279. The van der Waals surface area contributed by atoms with Gasteiger partial charge in [-0.2, -0.15) is 5.10 Å². The molecule has 0 saturated heterocycles. The summed E-state index contributed by atoms with van der Waals surface area (Å²) in [5, 5.41) is 4.49. The largest absolute Gasteiger partial charge is 0.348 e. The summed E-state index contributed by atoms with van der Waals surface area (Å²) in [6.07, 6.45) is 6.94. The van der Waals surface area contributed by atoms with Gasteiger partial charge in [0.25, 0.3) is 0 Å². The molecule has 0 amide bonds. The van der Waals surface area contributed by atoms with Gasteiger partial charge in [0.15, 0.2) is 5.78 Å². The molecular formula is C15H18BrN3O. The maximum atomic E-state index is 12.0. The Morgan fingerprint density at radius 3 is 2.85 bits per heavy atom. The van der Waals surface area contributed by atoms with Gasteiger partial charge in [-0.1, -0.05) is 6.92 Å². The van der Waals surface area contributed by atoms with Crippen molar-refractivity contribution >= 4 is 21.7 Å². The van der Waals surface area contributed by atoms with Gasteiger partial charge in [0.1, 0.15) is 0 Å². The van der Waals surface area contributed by atoms with Crippen LogP contribution in [-0.4, -0.2) is 20.1 Å². The van der Waals surface area contributed by atoms with Gasteiger partial charge in [-0.05, 0) is 41.3 Å². The molecule has 2 aromatic heterocycles. The van der Waals surface area contributed by atoms with E-state index in [0.29, 0.717) is 5.78 Å². The van der Waals surface area contributed by atoms with E-state index < -0.39 is 0 Å². The molecule has 4 nitrogen and oxygen atoms in total. The van der Waals surface area contributed by atoms with Crippen LogP contribution in [0.25, 0.3) is 0 Å². The molecule has 3 rings (SSSR count). The number of aryl methyl sites for hydroxylation is 2. The smallest absolute Gasteiger partial charge is 0.167 e. The number of halogens is 1. The van der Waals surface area contributed by atoms with Crippen molar-refractivity contribution in [2.24, 2.45) is 13.0 Å².